The Kier molecular flexibility index (Phi) is 6.55. The fourth-order valence-corrected chi connectivity index (χ4v) is 4.89. The summed E-state index contributed by atoms with van der Waals surface area (Å²) in [5, 5.41) is 0. The lowest BCUT2D eigenvalue weighted by atomic mass is 9.95. The first kappa shape index (κ1) is 24.5. The smallest absolute Gasteiger partial charge is 0.410 e. The maximum absolute atomic E-state index is 14.8. The fraction of sp³-hybridized carbons (Fsp3) is 0.636. The SMILES string of the molecule is CC(C)(C)OC(=O)N1CC2(CC2)/C(=N\[S@+]([O-])C(C)(C)C)C1Cc1cc(F)cc(Br)c1F. The van der Waals surface area contributed by atoms with Crippen molar-refractivity contribution >= 4 is 39.1 Å². The van der Waals surface area contributed by atoms with Gasteiger partial charge in [0.25, 0.3) is 0 Å². The fourth-order valence-electron chi connectivity index (χ4n) is 3.65. The highest BCUT2D eigenvalue weighted by Gasteiger charge is 2.60. The van der Waals surface area contributed by atoms with Gasteiger partial charge in [-0.05, 0) is 88.0 Å². The zero-order chi connectivity index (χ0) is 23.4. The summed E-state index contributed by atoms with van der Waals surface area (Å²) in [6.07, 6.45) is 1.09. The van der Waals surface area contributed by atoms with Crippen LogP contribution in [0, 0.1) is 17.0 Å². The van der Waals surface area contributed by atoms with Crippen molar-refractivity contribution in [1.29, 1.82) is 0 Å². The van der Waals surface area contributed by atoms with Crippen LogP contribution in [-0.4, -0.2) is 44.2 Å². The van der Waals surface area contributed by atoms with E-state index in [1.165, 1.54) is 4.90 Å². The molecule has 1 unspecified atom stereocenters. The van der Waals surface area contributed by atoms with Crippen molar-refractivity contribution in [3.05, 3.63) is 33.8 Å². The minimum absolute atomic E-state index is 0.0159. The molecule has 0 aromatic heterocycles. The van der Waals surface area contributed by atoms with Crippen LogP contribution in [0.15, 0.2) is 21.0 Å². The third kappa shape index (κ3) is 5.42. The van der Waals surface area contributed by atoms with Gasteiger partial charge in [0, 0.05) is 18.4 Å². The van der Waals surface area contributed by atoms with Crippen LogP contribution in [0.5, 0.6) is 0 Å². The van der Waals surface area contributed by atoms with E-state index in [1.54, 1.807) is 20.8 Å². The first-order chi connectivity index (χ1) is 14.1. The quantitative estimate of drug-likeness (QED) is 0.387. The molecule has 9 heteroatoms. The second-order valence-corrected chi connectivity index (χ2v) is 13.1. The molecule has 1 aliphatic heterocycles. The van der Waals surface area contributed by atoms with Gasteiger partial charge in [0.05, 0.1) is 16.2 Å². The van der Waals surface area contributed by atoms with E-state index in [-0.39, 0.29) is 21.9 Å². The van der Waals surface area contributed by atoms with Gasteiger partial charge in [-0.3, -0.25) is 4.90 Å². The Labute approximate surface area is 194 Å². The molecule has 2 fully saturated rings. The molecule has 2 atom stereocenters. The number of hydrogen-bond donors (Lipinski definition) is 0. The largest absolute Gasteiger partial charge is 0.591 e. The maximum Gasteiger partial charge on any atom is 0.410 e. The molecule has 1 amide bonds. The van der Waals surface area contributed by atoms with Gasteiger partial charge in [0.1, 0.15) is 33.3 Å². The number of carbonyl (C=O) groups excluding carboxylic acids is 1. The molecule has 1 aromatic rings. The second kappa shape index (κ2) is 8.30. The Morgan fingerprint density at radius 1 is 1.29 bits per heavy atom. The van der Waals surface area contributed by atoms with Gasteiger partial charge in [-0.25, -0.2) is 13.6 Å². The van der Waals surface area contributed by atoms with Crippen molar-refractivity contribution in [2.75, 3.05) is 6.54 Å². The average molecular weight is 519 g/mol. The van der Waals surface area contributed by atoms with Crippen molar-refractivity contribution in [2.45, 2.75) is 77.2 Å². The van der Waals surface area contributed by atoms with E-state index in [4.69, 9.17) is 4.74 Å². The van der Waals surface area contributed by atoms with Gasteiger partial charge in [-0.15, -0.1) is 0 Å². The molecule has 1 aliphatic carbocycles. The summed E-state index contributed by atoms with van der Waals surface area (Å²) < 4.78 is 51.2. The van der Waals surface area contributed by atoms with Crippen LogP contribution in [0.2, 0.25) is 0 Å². The third-order valence-corrected chi connectivity index (χ3v) is 7.36. The van der Waals surface area contributed by atoms with Crippen molar-refractivity contribution in [1.82, 2.24) is 4.90 Å². The molecule has 1 saturated carbocycles. The Bertz CT molecular complexity index is 907. The lowest BCUT2D eigenvalue weighted by Gasteiger charge is -2.29. The van der Waals surface area contributed by atoms with Crippen LogP contribution < -0.4 is 0 Å². The van der Waals surface area contributed by atoms with E-state index in [0.717, 1.165) is 25.0 Å². The molecule has 172 valence electrons. The summed E-state index contributed by atoms with van der Waals surface area (Å²) >= 11 is 1.51. The summed E-state index contributed by atoms with van der Waals surface area (Å²) in [4.78, 5) is 14.6. The average Bonchev–Trinajstić information content (AvgIpc) is 3.31. The molecule has 0 bridgehead atoms. The van der Waals surface area contributed by atoms with Gasteiger partial charge < -0.3 is 9.29 Å². The number of amides is 1. The highest BCUT2D eigenvalue weighted by atomic mass is 79.9. The minimum Gasteiger partial charge on any atom is -0.591 e. The lowest BCUT2D eigenvalue weighted by molar-refractivity contribution is 0.0232. The zero-order valence-corrected chi connectivity index (χ0v) is 21.1. The Hall–Kier alpha value is -1.19. The number of halogens is 3. The van der Waals surface area contributed by atoms with Crippen LogP contribution in [0.4, 0.5) is 13.6 Å². The molecular formula is C22H29BrF2N2O3S. The molecular weight excluding hydrogens is 490 g/mol. The highest BCUT2D eigenvalue weighted by Crippen LogP contribution is 2.54. The molecule has 1 saturated heterocycles. The van der Waals surface area contributed by atoms with Crippen molar-refractivity contribution in [2.24, 2.45) is 9.81 Å². The first-order valence-electron chi connectivity index (χ1n) is 10.3. The molecule has 1 heterocycles. The van der Waals surface area contributed by atoms with E-state index in [2.05, 4.69) is 20.3 Å². The van der Waals surface area contributed by atoms with Gasteiger partial charge in [-0.2, -0.15) is 0 Å². The minimum atomic E-state index is -1.54. The van der Waals surface area contributed by atoms with Crippen LogP contribution in [-0.2, 0) is 22.5 Å². The summed E-state index contributed by atoms with van der Waals surface area (Å²) in [5.74, 6) is -1.17. The van der Waals surface area contributed by atoms with Gasteiger partial charge >= 0.3 is 6.09 Å². The van der Waals surface area contributed by atoms with Crippen LogP contribution in [0.25, 0.3) is 0 Å². The normalized spacial score (nSPS) is 22.8. The predicted octanol–water partition coefficient (Wildman–Crippen LogP) is 5.57. The summed E-state index contributed by atoms with van der Waals surface area (Å²) in [6.45, 7) is 11.2. The van der Waals surface area contributed by atoms with E-state index < -0.39 is 45.5 Å². The van der Waals surface area contributed by atoms with Crippen molar-refractivity contribution in [3.8, 4) is 0 Å². The molecule has 3 rings (SSSR count). The van der Waals surface area contributed by atoms with Gasteiger partial charge in [0.2, 0.25) is 0 Å². The zero-order valence-electron chi connectivity index (χ0n) is 18.7. The maximum atomic E-state index is 14.8. The van der Waals surface area contributed by atoms with Crippen LogP contribution >= 0.6 is 15.9 Å². The topological polar surface area (TPSA) is 65.0 Å². The summed E-state index contributed by atoms with van der Waals surface area (Å²) in [5.41, 5.74) is -0.341. The number of hydrogen-bond acceptors (Lipinski definition) is 4. The second-order valence-electron chi connectivity index (χ2n) is 10.3. The van der Waals surface area contributed by atoms with Crippen LogP contribution in [0.1, 0.15) is 59.9 Å². The number of ether oxygens (including phenoxy) is 1. The molecule has 1 aromatic carbocycles. The number of carbonyl (C=O) groups is 1. The Balaban J connectivity index is 2.04. The number of benzene rings is 1. The van der Waals surface area contributed by atoms with Gasteiger partial charge in [0.15, 0.2) is 0 Å². The third-order valence-electron chi connectivity index (χ3n) is 5.38. The Morgan fingerprint density at radius 2 is 1.90 bits per heavy atom. The van der Waals surface area contributed by atoms with Gasteiger partial charge in [-0.1, -0.05) is 4.40 Å². The van der Waals surface area contributed by atoms with E-state index in [1.807, 2.05) is 20.8 Å². The van der Waals surface area contributed by atoms with Crippen LogP contribution in [0.3, 0.4) is 0 Å². The number of nitrogens with zero attached hydrogens (tertiary/aromatic N) is 2. The molecule has 0 N–H and O–H groups in total. The predicted molar refractivity (Wildman–Crippen MR) is 121 cm³/mol. The molecule has 2 aliphatic rings. The summed E-state index contributed by atoms with van der Waals surface area (Å²) in [6, 6.07) is 1.53. The number of likely N-dealkylation sites (tertiary alicyclic amines) is 1. The van der Waals surface area contributed by atoms with E-state index >= 15 is 0 Å². The molecule has 0 radical (unpaired) electrons. The first-order valence-corrected chi connectivity index (χ1v) is 12.2. The van der Waals surface area contributed by atoms with Crippen molar-refractivity contribution in [3.63, 3.8) is 0 Å². The Morgan fingerprint density at radius 3 is 2.42 bits per heavy atom. The molecule has 1 spiro atoms. The monoisotopic (exact) mass is 518 g/mol. The van der Waals surface area contributed by atoms with Crippen molar-refractivity contribution < 1.29 is 22.9 Å². The molecule has 5 nitrogen and oxygen atoms in total. The lowest BCUT2D eigenvalue weighted by Crippen LogP contribution is -2.43. The van der Waals surface area contributed by atoms with E-state index in [0.29, 0.717) is 12.3 Å². The standard InChI is InChI=1S/C22H29BrF2N2O3S/c1-20(2,3)30-19(28)27-12-22(7-8-22)18(26-31(29)21(4,5)6)16(27)10-13-9-14(24)11-15(23)17(13)25/h9,11,16H,7-8,10,12H2,1-6H3/b26-18-/t16?,31-/m1/s1. The highest BCUT2D eigenvalue weighted by molar-refractivity contribution is 9.10. The molecule has 31 heavy (non-hydrogen) atoms. The summed E-state index contributed by atoms with van der Waals surface area (Å²) in [7, 11) is 0. The number of rotatable bonds is 3. The van der Waals surface area contributed by atoms with E-state index in [9.17, 15) is 18.1 Å².